The highest BCUT2D eigenvalue weighted by Crippen LogP contribution is 2.43. The first-order valence-electron chi connectivity index (χ1n) is 4.09. The second-order valence-corrected chi connectivity index (χ2v) is 3.53. The third-order valence-electron chi connectivity index (χ3n) is 2.98. The van der Waals surface area contributed by atoms with Gasteiger partial charge in [-0.3, -0.25) is 10.1 Å². The molecule has 0 radical (unpaired) electrons. The van der Waals surface area contributed by atoms with Crippen molar-refractivity contribution in [2.75, 3.05) is 0 Å². The lowest BCUT2D eigenvalue weighted by atomic mass is 9.94. The van der Waals surface area contributed by atoms with Crippen LogP contribution in [0.2, 0.25) is 0 Å². The van der Waals surface area contributed by atoms with Crippen molar-refractivity contribution in [3.05, 3.63) is 10.1 Å². The molecule has 2 rings (SSSR count). The van der Waals surface area contributed by atoms with Gasteiger partial charge in [0.05, 0.1) is 0 Å². The maximum atomic E-state index is 10.6. The van der Waals surface area contributed by atoms with E-state index in [1.807, 2.05) is 0 Å². The van der Waals surface area contributed by atoms with Crippen molar-refractivity contribution in [3.8, 4) is 0 Å². The smallest absolute Gasteiger partial charge is 0.257 e. The fourth-order valence-electron chi connectivity index (χ4n) is 2.48. The molecule has 0 unspecified atom stereocenters. The quantitative estimate of drug-likeness (QED) is 0.360. The Morgan fingerprint density at radius 1 is 1.58 bits per heavy atom. The molecule has 12 heavy (non-hydrogen) atoms. The van der Waals surface area contributed by atoms with Crippen molar-refractivity contribution in [1.29, 1.82) is 0 Å². The summed E-state index contributed by atoms with van der Waals surface area (Å²) in [5.74, 6) is 0.297. The van der Waals surface area contributed by atoms with Gasteiger partial charge >= 0.3 is 0 Å². The van der Waals surface area contributed by atoms with Crippen molar-refractivity contribution < 1.29 is 10.1 Å². The Morgan fingerprint density at radius 2 is 2.33 bits per heavy atom. The van der Waals surface area contributed by atoms with Crippen molar-refractivity contribution in [3.63, 3.8) is 0 Å². The van der Waals surface area contributed by atoms with Gasteiger partial charge in [0.1, 0.15) is 5.71 Å². The summed E-state index contributed by atoms with van der Waals surface area (Å²) in [6.45, 7) is 0. The van der Waals surface area contributed by atoms with Crippen molar-refractivity contribution in [2.24, 2.45) is 17.0 Å². The number of nitro groups is 1. The van der Waals surface area contributed by atoms with E-state index in [1.54, 1.807) is 0 Å². The molecule has 1 N–H and O–H groups in total. The van der Waals surface area contributed by atoms with E-state index in [2.05, 4.69) is 5.16 Å². The third-order valence-corrected chi connectivity index (χ3v) is 2.98. The van der Waals surface area contributed by atoms with Gasteiger partial charge in [-0.25, -0.2) is 0 Å². The van der Waals surface area contributed by atoms with Crippen LogP contribution in [0.25, 0.3) is 0 Å². The van der Waals surface area contributed by atoms with Gasteiger partial charge in [-0.05, 0) is 19.3 Å². The largest absolute Gasteiger partial charge is 0.411 e. The van der Waals surface area contributed by atoms with Gasteiger partial charge in [0.25, 0.3) is 6.04 Å². The molecule has 0 amide bonds. The zero-order chi connectivity index (χ0) is 8.72. The first-order valence-corrected chi connectivity index (χ1v) is 4.09. The van der Waals surface area contributed by atoms with Gasteiger partial charge in [0.2, 0.25) is 0 Å². The van der Waals surface area contributed by atoms with Crippen molar-refractivity contribution in [1.82, 2.24) is 0 Å². The summed E-state index contributed by atoms with van der Waals surface area (Å²) in [6, 6.07) is -0.700. The predicted octanol–water partition coefficient (Wildman–Crippen LogP) is 0.892. The van der Waals surface area contributed by atoms with Gasteiger partial charge in [0.15, 0.2) is 0 Å². The summed E-state index contributed by atoms with van der Waals surface area (Å²) in [4.78, 5) is 10.3. The number of hydrogen-bond acceptors (Lipinski definition) is 4. The summed E-state index contributed by atoms with van der Waals surface area (Å²) in [5, 5.41) is 22.2. The SMILES string of the molecule is O=[N+]([O-])[C@@H]1/C(=N\O)[C@@H]2CC[C@@H]1C2. The molecule has 3 atom stereocenters. The summed E-state index contributed by atoms with van der Waals surface area (Å²) in [6.07, 6.45) is 2.70. The summed E-state index contributed by atoms with van der Waals surface area (Å²) in [7, 11) is 0. The topological polar surface area (TPSA) is 75.7 Å². The Bertz CT molecular complexity index is 251. The zero-order valence-electron chi connectivity index (χ0n) is 6.51. The van der Waals surface area contributed by atoms with E-state index in [-0.39, 0.29) is 16.8 Å². The van der Waals surface area contributed by atoms with E-state index < -0.39 is 6.04 Å². The number of rotatable bonds is 1. The number of fused-ring (bicyclic) bond motifs is 2. The summed E-state index contributed by atoms with van der Waals surface area (Å²) < 4.78 is 0. The Hall–Kier alpha value is -1.13. The predicted molar refractivity (Wildman–Crippen MR) is 40.8 cm³/mol. The van der Waals surface area contributed by atoms with Crippen LogP contribution in [0.3, 0.4) is 0 Å². The van der Waals surface area contributed by atoms with Crippen LogP contribution in [-0.2, 0) is 0 Å². The van der Waals surface area contributed by atoms with Crippen LogP contribution in [-0.4, -0.2) is 21.9 Å². The van der Waals surface area contributed by atoms with Gasteiger partial charge in [-0.2, -0.15) is 0 Å². The van der Waals surface area contributed by atoms with Gasteiger partial charge < -0.3 is 5.21 Å². The minimum Gasteiger partial charge on any atom is -0.411 e. The molecule has 66 valence electrons. The molecule has 0 aromatic rings. The molecular weight excluding hydrogens is 160 g/mol. The van der Waals surface area contributed by atoms with Crippen LogP contribution >= 0.6 is 0 Å². The fourth-order valence-corrected chi connectivity index (χ4v) is 2.48. The Morgan fingerprint density at radius 3 is 2.83 bits per heavy atom. The van der Waals surface area contributed by atoms with Crippen LogP contribution < -0.4 is 0 Å². The Kier molecular flexibility index (Phi) is 1.52. The van der Waals surface area contributed by atoms with Crippen molar-refractivity contribution >= 4 is 5.71 Å². The van der Waals surface area contributed by atoms with E-state index in [9.17, 15) is 10.1 Å². The number of hydrogen-bond donors (Lipinski definition) is 1. The fraction of sp³-hybridized carbons (Fsp3) is 0.857. The standard InChI is InChI=1S/C7H10N2O3/c10-8-6-4-1-2-5(3-4)7(6)9(11)12/h4-5,7,10H,1-3H2/b8-6-/t4-,5-,7+/m1/s1. The molecule has 2 saturated carbocycles. The highest BCUT2D eigenvalue weighted by Gasteiger charge is 2.52. The minimum absolute atomic E-state index is 0.121. The Labute approximate surface area is 69.2 Å². The molecule has 0 aliphatic heterocycles. The second-order valence-electron chi connectivity index (χ2n) is 3.53. The first-order chi connectivity index (χ1) is 5.74. The molecule has 0 saturated heterocycles. The summed E-state index contributed by atoms with van der Waals surface area (Å²) in [5.41, 5.74) is 0.399. The van der Waals surface area contributed by atoms with E-state index in [0.29, 0.717) is 5.71 Å². The van der Waals surface area contributed by atoms with Crippen LogP contribution in [0.4, 0.5) is 0 Å². The maximum Gasteiger partial charge on any atom is 0.257 e. The van der Waals surface area contributed by atoms with E-state index in [0.717, 1.165) is 19.3 Å². The third kappa shape index (κ3) is 0.821. The van der Waals surface area contributed by atoms with Crippen LogP contribution in [0.1, 0.15) is 19.3 Å². The molecule has 2 aliphatic rings. The monoisotopic (exact) mass is 170 g/mol. The molecule has 2 aliphatic carbocycles. The van der Waals surface area contributed by atoms with Gasteiger partial charge in [-0.1, -0.05) is 5.16 Å². The first kappa shape index (κ1) is 7.52. The molecule has 2 fully saturated rings. The Balaban J connectivity index is 2.28. The maximum absolute atomic E-state index is 10.6. The molecule has 0 aromatic carbocycles. The lowest BCUT2D eigenvalue weighted by Crippen LogP contribution is -2.35. The second kappa shape index (κ2) is 2.43. The molecular formula is C7H10N2O3. The number of nitrogens with zero attached hydrogens (tertiary/aromatic N) is 2. The molecule has 0 spiro atoms. The average Bonchev–Trinajstić information content (AvgIpc) is 2.60. The van der Waals surface area contributed by atoms with Crippen LogP contribution in [0.5, 0.6) is 0 Å². The molecule has 5 heteroatoms. The average molecular weight is 170 g/mol. The molecule has 2 bridgehead atoms. The lowest BCUT2D eigenvalue weighted by molar-refractivity contribution is -0.510. The molecule has 0 heterocycles. The van der Waals surface area contributed by atoms with E-state index in [1.165, 1.54) is 0 Å². The number of oxime groups is 1. The van der Waals surface area contributed by atoms with Crippen LogP contribution in [0, 0.1) is 22.0 Å². The van der Waals surface area contributed by atoms with Crippen molar-refractivity contribution in [2.45, 2.75) is 25.3 Å². The summed E-state index contributed by atoms with van der Waals surface area (Å²) >= 11 is 0. The van der Waals surface area contributed by atoms with Crippen LogP contribution in [0.15, 0.2) is 5.16 Å². The molecule has 5 nitrogen and oxygen atoms in total. The normalized spacial score (nSPS) is 42.3. The molecule has 0 aromatic heterocycles. The van der Waals surface area contributed by atoms with Gasteiger partial charge in [-0.15, -0.1) is 0 Å². The highest BCUT2D eigenvalue weighted by molar-refractivity contribution is 5.93. The lowest BCUT2D eigenvalue weighted by Gasteiger charge is -2.14. The van der Waals surface area contributed by atoms with Gasteiger partial charge in [0, 0.05) is 16.8 Å². The minimum atomic E-state index is -0.700. The van der Waals surface area contributed by atoms with E-state index in [4.69, 9.17) is 5.21 Å². The zero-order valence-corrected chi connectivity index (χ0v) is 6.51. The highest BCUT2D eigenvalue weighted by atomic mass is 16.6. The van der Waals surface area contributed by atoms with E-state index >= 15 is 0 Å².